The van der Waals surface area contributed by atoms with Gasteiger partial charge in [0.15, 0.2) is 5.58 Å². The van der Waals surface area contributed by atoms with Crippen molar-refractivity contribution in [2.75, 3.05) is 0 Å². The molecule has 3 N–H and O–H groups in total. The van der Waals surface area contributed by atoms with Gasteiger partial charge in [-0.3, -0.25) is 0 Å². The van der Waals surface area contributed by atoms with Crippen molar-refractivity contribution in [2.45, 2.75) is 6.54 Å². The van der Waals surface area contributed by atoms with Crippen LogP contribution < -0.4 is 5.73 Å². The van der Waals surface area contributed by atoms with Gasteiger partial charge < -0.3 is 15.3 Å². The predicted octanol–water partition coefficient (Wildman–Crippen LogP) is 2.65. The number of hydrogen-bond donors (Lipinski definition) is 2. The molecular weight excluding hydrogens is 256 g/mol. The fraction of sp³-hybridized carbons (Fsp3) is 0.0667. The van der Waals surface area contributed by atoms with Gasteiger partial charge in [-0.15, -0.1) is 0 Å². The van der Waals surface area contributed by atoms with Crippen LogP contribution in [-0.4, -0.2) is 16.1 Å². The third-order valence-electron chi connectivity index (χ3n) is 3.07. The molecule has 0 aliphatic rings. The molecule has 0 saturated heterocycles. The minimum Gasteiger partial charge on any atom is -0.478 e. The van der Waals surface area contributed by atoms with E-state index in [1.54, 1.807) is 6.07 Å². The summed E-state index contributed by atoms with van der Waals surface area (Å²) in [7, 11) is 0. The Morgan fingerprint density at radius 3 is 2.60 bits per heavy atom. The Hall–Kier alpha value is -2.66. The van der Waals surface area contributed by atoms with Crippen LogP contribution in [0.15, 0.2) is 46.9 Å². The number of carboxylic acids is 1. The number of aromatic nitrogens is 1. The fourth-order valence-electron chi connectivity index (χ4n) is 1.96. The Morgan fingerprint density at radius 2 is 1.95 bits per heavy atom. The van der Waals surface area contributed by atoms with Crippen molar-refractivity contribution in [3.8, 4) is 11.5 Å². The Labute approximate surface area is 114 Å². The lowest BCUT2D eigenvalue weighted by atomic mass is 10.1. The summed E-state index contributed by atoms with van der Waals surface area (Å²) in [6.45, 7) is 0.482. The van der Waals surface area contributed by atoms with Crippen LogP contribution >= 0.6 is 0 Å². The Morgan fingerprint density at radius 1 is 1.20 bits per heavy atom. The Bertz CT molecular complexity index is 775. The van der Waals surface area contributed by atoms with Gasteiger partial charge in [-0.1, -0.05) is 12.1 Å². The molecule has 2 aromatic carbocycles. The zero-order valence-corrected chi connectivity index (χ0v) is 10.5. The predicted molar refractivity (Wildman–Crippen MR) is 74.3 cm³/mol. The first-order valence-corrected chi connectivity index (χ1v) is 6.10. The lowest BCUT2D eigenvalue weighted by Crippen LogP contribution is -1.95. The van der Waals surface area contributed by atoms with E-state index in [9.17, 15) is 4.79 Å². The van der Waals surface area contributed by atoms with Gasteiger partial charge in [0.2, 0.25) is 5.89 Å². The van der Waals surface area contributed by atoms with E-state index in [-0.39, 0.29) is 5.56 Å². The molecule has 1 heterocycles. The van der Waals surface area contributed by atoms with Crippen molar-refractivity contribution in [3.05, 3.63) is 53.6 Å². The largest absolute Gasteiger partial charge is 0.478 e. The van der Waals surface area contributed by atoms with E-state index < -0.39 is 5.97 Å². The van der Waals surface area contributed by atoms with E-state index in [1.807, 2.05) is 24.3 Å². The molecular formula is C15H12N2O3. The SMILES string of the molecule is NCc1ccc(-c2nc3ccc(C(=O)O)cc3o2)cc1. The van der Waals surface area contributed by atoms with E-state index in [2.05, 4.69) is 4.98 Å². The highest BCUT2D eigenvalue weighted by Gasteiger charge is 2.11. The van der Waals surface area contributed by atoms with E-state index in [0.717, 1.165) is 11.1 Å². The second kappa shape index (κ2) is 4.79. The van der Waals surface area contributed by atoms with Gasteiger partial charge in [0.05, 0.1) is 5.56 Å². The molecule has 3 rings (SSSR count). The lowest BCUT2D eigenvalue weighted by molar-refractivity contribution is 0.0697. The van der Waals surface area contributed by atoms with Crippen LogP contribution in [0.2, 0.25) is 0 Å². The molecule has 0 amide bonds. The maximum Gasteiger partial charge on any atom is 0.335 e. The summed E-state index contributed by atoms with van der Waals surface area (Å²) in [6.07, 6.45) is 0. The van der Waals surface area contributed by atoms with Crippen LogP contribution in [-0.2, 0) is 6.54 Å². The molecule has 3 aromatic rings. The average molecular weight is 268 g/mol. The van der Waals surface area contributed by atoms with Crippen LogP contribution in [0.3, 0.4) is 0 Å². The summed E-state index contributed by atoms with van der Waals surface area (Å²) in [5, 5.41) is 8.95. The van der Waals surface area contributed by atoms with Crippen LogP contribution in [0.5, 0.6) is 0 Å². The molecule has 20 heavy (non-hydrogen) atoms. The molecule has 5 nitrogen and oxygen atoms in total. The highest BCUT2D eigenvalue weighted by molar-refractivity contribution is 5.92. The topological polar surface area (TPSA) is 89.3 Å². The first-order chi connectivity index (χ1) is 9.67. The fourth-order valence-corrected chi connectivity index (χ4v) is 1.96. The molecule has 0 saturated carbocycles. The highest BCUT2D eigenvalue weighted by Crippen LogP contribution is 2.25. The normalized spacial score (nSPS) is 10.8. The molecule has 100 valence electrons. The number of nitrogens with two attached hydrogens (primary N) is 1. The molecule has 0 atom stereocenters. The number of rotatable bonds is 3. The summed E-state index contributed by atoms with van der Waals surface area (Å²) >= 11 is 0. The van der Waals surface area contributed by atoms with Crippen LogP contribution in [0.1, 0.15) is 15.9 Å². The Balaban J connectivity index is 2.05. The van der Waals surface area contributed by atoms with Crippen molar-refractivity contribution < 1.29 is 14.3 Å². The monoisotopic (exact) mass is 268 g/mol. The van der Waals surface area contributed by atoms with Crippen LogP contribution in [0.25, 0.3) is 22.6 Å². The first kappa shape index (κ1) is 12.4. The first-order valence-electron chi connectivity index (χ1n) is 6.10. The van der Waals surface area contributed by atoms with Gasteiger partial charge in [0.1, 0.15) is 5.52 Å². The van der Waals surface area contributed by atoms with Gasteiger partial charge in [-0.05, 0) is 35.9 Å². The second-order valence-corrected chi connectivity index (χ2v) is 4.41. The van der Waals surface area contributed by atoms with Crippen molar-refractivity contribution in [1.29, 1.82) is 0 Å². The van der Waals surface area contributed by atoms with Gasteiger partial charge in [0, 0.05) is 12.1 Å². The maximum atomic E-state index is 10.9. The molecule has 1 aromatic heterocycles. The van der Waals surface area contributed by atoms with Gasteiger partial charge in [-0.2, -0.15) is 0 Å². The number of carbonyl (C=O) groups is 1. The number of carboxylic acid groups (broad SMARTS) is 1. The summed E-state index contributed by atoms with van der Waals surface area (Å²) in [6, 6.07) is 12.2. The molecule has 0 aliphatic carbocycles. The molecule has 5 heteroatoms. The highest BCUT2D eigenvalue weighted by atomic mass is 16.4. The van der Waals surface area contributed by atoms with Gasteiger partial charge >= 0.3 is 5.97 Å². The number of benzene rings is 2. The number of hydrogen-bond acceptors (Lipinski definition) is 4. The van der Waals surface area contributed by atoms with Crippen LogP contribution in [0, 0.1) is 0 Å². The van der Waals surface area contributed by atoms with E-state index >= 15 is 0 Å². The van der Waals surface area contributed by atoms with Crippen molar-refractivity contribution in [3.63, 3.8) is 0 Å². The van der Waals surface area contributed by atoms with E-state index in [4.69, 9.17) is 15.3 Å². The summed E-state index contributed by atoms with van der Waals surface area (Å²) < 4.78 is 5.61. The quantitative estimate of drug-likeness (QED) is 0.762. The molecule has 0 unspecified atom stereocenters. The van der Waals surface area contributed by atoms with Crippen molar-refractivity contribution >= 4 is 17.1 Å². The third kappa shape index (κ3) is 2.15. The van der Waals surface area contributed by atoms with E-state index in [1.165, 1.54) is 12.1 Å². The number of oxazole rings is 1. The smallest absolute Gasteiger partial charge is 0.335 e. The zero-order chi connectivity index (χ0) is 14.1. The molecule has 0 spiro atoms. The number of fused-ring (bicyclic) bond motifs is 1. The van der Waals surface area contributed by atoms with Gasteiger partial charge in [0.25, 0.3) is 0 Å². The number of aromatic carboxylic acids is 1. The van der Waals surface area contributed by atoms with Gasteiger partial charge in [-0.25, -0.2) is 9.78 Å². The van der Waals surface area contributed by atoms with Crippen molar-refractivity contribution in [1.82, 2.24) is 4.98 Å². The molecule has 0 bridgehead atoms. The van der Waals surface area contributed by atoms with Crippen molar-refractivity contribution in [2.24, 2.45) is 5.73 Å². The third-order valence-corrected chi connectivity index (χ3v) is 3.07. The standard InChI is InChI=1S/C15H12N2O3/c16-8-9-1-3-10(4-2-9)14-17-12-6-5-11(15(18)19)7-13(12)20-14/h1-7H,8,16H2,(H,18,19). The second-order valence-electron chi connectivity index (χ2n) is 4.41. The molecule has 0 radical (unpaired) electrons. The van der Waals surface area contributed by atoms with Crippen LogP contribution in [0.4, 0.5) is 0 Å². The number of nitrogens with zero attached hydrogens (tertiary/aromatic N) is 1. The minimum atomic E-state index is -0.989. The maximum absolute atomic E-state index is 10.9. The summed E-state index contributed by atoms with van der Waals surface area (Å²) in [5.74, 6) is -0.525. The Kier molecular flexibility index (Phi) is 2.96. The average Bonchev–Trinajstić information content (AvgIpc) is 2.90. The van der Waals surface area contributed by atoms with E-state index in [0.29, 0.717) is 23.5 Å². The zero-order valence-electron chi connectivity index (χ0n) is 10.5. The molecule has 0 fully saturated rings. The summed E-state index contributed by atoms with van der Waals surface area (Å²) in [4.78, 5) is 15.3. The lowest BCUT2D eigenvalue weighted by Gasteiger charge is -1.97. The summed E-state index contributed by atoms with van der Waals surface area (Å²) in [5.41, 5.74) is 8.68. The minimum absolute atomic E-state index is 0.179. The molecule has 0 aliphatic heterocycles.